The molecule has 0 saturated carbocycles. The number of amides is 1. The van der Waals surface area contributed by atoms with E-state index >= 15 is 0 Å². The summed E-state index contributed by atoms with van der Waals surface area (Å²) < 4.78 is 0. The van der Waals surface area contributed by atoms with Gasteiger partial charge in [-0.25, -0.2) is 4.98 Å². The van der Waals surface area contributed by atoms with Crippen LogP contribution in [0.15, 0.2) is 42.6 Å². The molecule has 0 atom stereocenters. The molecule has 9 heteroatoms. The largest absolute Gasteiger partial charge is 0.393 e. The van der Waals surface area contributed by atoms with Crippen molar-refractivity contribution in [3.63, 3.8) is 0 Å². The molecule has 3 N–H and O–H groups in total. The van der Waals surface area contributed by atoms with Gasteiger partial charge in [0.2, 0.25) is 0 Å². The fourth-order valence-electron chi connectivity index (χ4n) is 2.56. The van der Waals surface area contributed by atoms with Crippen molar-refractivity contribution in [3.8, 4) is 0 Å². The normalized spacial score (nSPS) is 10.6. The second-order valence-electron chi connectivity index (χ2n) is 5.86. The van der Waals surface area contributed by atoms with Gasteiger partial charge in [-0.3, -0.25) is 20.2 Å². The molecule has 0 bridgehead atoms. The minimum atomic E-state index is -0.607. The minimum absolute atomic E-state index is 0.0459. The molecule has 0 unspecified atom stereocenters. The van der Waals surface area contributed by atoms with Crippen molar-refractivity contribution in [1.82, 2.24) is 4.98 Å². The standard InChI is InChI=1S/C18H15ClN4O3S/c1-10-6-13(16(20)15(7-10)23(25)26)17(24)22-18-21-9-12(27-18)8-11-4-2-3-5-14(11)19/h2-7,9H,8,20H2,1H3,(H,21,22,24). The lowest BCUT2D eigenvalue weighted by atomic mass is 10.1. The Morgan fingerprint density at radius 1 is 1.37 bits per heavy atom. The third-order valence-corrected chi connectivity index (χ3v) is 5.12. The molecule has 2 aromatic carbocycles. The Hall–Kier alpha value is -2.97. The van der Waals surface area contributed by atoms with Gasteiger partial charge < -0.3 is 5.73 Å². The summed E-state index contributed by atoms with van der Waals surface area (Å²) in [5.74, 6) is -0.544. The van der Waals surface area contributed by atoms with E-state index in [-0.39, 0.29) is 16.9 Å². The number of anilines is 2. The Morgan fingerprint density at radius 3 is 2.81 bits per heavy atom. The summed E-state index contributed by atoms with van der Waals surface area (Å²) >= 11 is 7.47. The lowest BCUT2D eigenvalue weighted by Crippen LogP contribution is -2.15. The second-order valence-corrected chi connectivity index (χ2v) is 7.38. The van der Waals surface area contributed by atoms with E-state index in [1.807, 2.05) is 24.3 Å². The van der Waals surface area contributed by atoms with Crippen molar-refractivity contribution in [3.05, 3.63) is 79.3 Å². The first-order valence-electron chi connectivity index (χ1n) is 7.89. The summed E-state index contributed by atoms with van der Waals surface area (Å²) in [5.41, 5.74) is 6.91. The average Bonchev–Trinajstić information content (AvgIpc) is 3.05. The van der Waals surface area contributed by atoms with E-state index in [2.05, 4.69) is 10.3 Å². The maximum atomic E-state index is 12.5. The highest BCUT2D eigenvalue weighted by atomic mass is 35.5. The van der Waals surface area contributed by atoms with Gasteiger partial charge in [0, 0.05) is 28.6 Å². The van der Waals surface area contributed by atoms with Crippen LogP contribution in [0.25, 0.3) is 0 Å². The van der Waals surface area contributed by atoms with Gasteiger partial charge in [-0.1, -0.05) is 29.8 Å². The van der Waals surface area contributed by atoms with Gasteiger partial charge in [-0.15, -0.1) is 11.3 Å². The molecule has 3 rings (SSSR count). The predicted molar refractivity (Wildman–Crippen MR) is 107 cm³/mol. The summed E-state index contributed by atoms with van der Waals surface area (Å²) in [4.78, 5) is 28.1. The number of hydrogen-bond acceptors (Lipinski definition) is 6. The van der Waals surface area contributed by atoms with Crippen LogP contribution < -0.4 is 11.1 Å². The number of thiazole rings is 1. The van der Waals surface area contributed by atoms with Crippen LogP contribution in [-0.2, 0) is 6.42 Å². The number of hydrogen-bond donors (Lipinski definition) is 2. The SMILES string of the molecule is Cc1cc(C(=O)Nc2ncc(Cc3ccccc3Cl)s2)c(N)c([N+](=O)[O-])c1. The van der Waals surface area contributed by atoms with E-state index in [4.69, 9.17) is 17.3 Å². The number of nitro groups is 1. The number of nitrogen functional groups attached to an aromatic ring is 1. The Balaban J connectivity index is 1.79. The van der Waals surface area contributed by atoms with Crippen LogP contribution in [0.1, 0.15) is 26.4 Å². The third kappa shape index (κ3) is 4.24. The summed E-state index contributed by atoms with van der Waals surface area (Å²) in [7, 11) is 0. The molecular weight excluding hydrogens is 388 g/mol. The molecule has 7 nitrogen and oxygen atoms in total. The van der Waals surface area contributed by atoms with E-state index in [1.54, 1.807) is 13.1 Å². The number of aryl methyl sites for hydroxylation is 1. The summed E-state index contributed by atoms with van der Waals surface area (Å²) in [6.45, 7) is 1.66. The van der Waals surface area contributed by atoms with Crippen molar-refractivity contribution in [1.29, 1.82) is 0 Å². The zero-order valence-electron chi connectivity index (χ0n) is 14.2. The van der Waals surface area contributed by atoms with E-state index in [1.165, 1.54) is 23.5 Å². The van der Waals surface area contributed by atoms with Gasteiger partial charge >= 0.3 is 0 Å². The van der Waals surface area contributed by atoms with Crippen LogP contribution in [0.2, 0.25) is 5.02 Å². The van der Waals surface area contributed by atoms with Crippen LogP contribution in [0, 0.1) is 17.0 Å². The molecule has 1 amide bonds. The summed E-state index contributed by atoms with van der Waals surface area (Å²) in [6, 6.07) is 10.3. The Bertz CT molecular complexity index is 1040. The second kappa shape index (κ2) is 7.73. The van der Waals surface area contributed by atoms with Crippen LogP contribution in [-0.4, -0.2) is 15.8 Å². The molecular formula is C18H15ClN4O3S. The van der Waals surface area contributed by atoms with Crippen LogP contribution in [0.5, 0.6) is 0 Å². The number of benzene rings is 2. The molecule has 0 saturated heterocycles. The number of carbonyl (C=O) groups is 1. The molecule has 0 aliphatic rings. The molecule has 0 radical (unpaired) electrons. The van der Waals surface area contributed by atoms with Gasteiger partial charge in [-0.05, 0) is 30.2 Å². The van der Waals surface area contributed by atoms with Crippen molar-refractivity contribution >= 4 is 45.4 Å². The Labute approximate surface area is 164 Å². The number of halogens is 1. The number of nitrogens with zero attached hydrogens (tertiary/aromatic N) is 2. The highest BCUT2D eigenvalue weighted by Gasteiger charge is 2.21. The topological polar surface area (TPSA) is 111 Å². The first kappa shape index (κ1) is 18.8. The molecule has 138 valence electrons. The van der Waals surface area contributed by atoms with Crippen LogP contribution >= 0.6 is 22.9 Å². The van der Waals surface area contributed by atoms with Gasteiger partial charge in [0.25, 0.3) is 11.6 Å². The molecule has 0 spiro atoms. The lowest BCUT2D eigenvalue weighted by molar-refractivity contribution is -0.384. The Kier molecular flexibility index (Phi) is 5.38. The number of rotatable bonds is 5. The fraction of sp³-hybridized carbons (Fsp3) is 0.111. The highest BCUT2D eigenvalue weighted by molar-refractivity contribution is 7.15. The van der Waals surface area contributed by atoms with E-state index in [0.29, 0.717) is 22.1 Å². The molecule has 27 heavy (non-hydrogen) atoms. The molecule has 0 aliphatic carbocycles. The zero-order chi connectivity index (χ0) is 19.6. The smallest absolute Gasteiger partial charge is 0.293 e. The maximum Gasteiger partial charge on any atom is 0.293 e. The maximum absolute atomic E-state index is 12.5. The van der Waals surface area contributed by atoms with Gasteiger partial charge in [0.05, 0.1) is 10.5 Å². The number of aromatic nitrogens is 1. The van der Waals surface area contributed by atoms with E-state index < -0.39 is 10.8 Å². The van der Waals surface area contributed by atoms with E-state index in [9.17, 15) is 14.9 Å². The molecule has 1 aromatic heterocycles. The van der Waals surface area contributed by atoms with Crippen molar-refractivity contribution in [2.75, 3.05) is 11.1 Å². The minimum Gasteiger partial charge on any atom is -0.393 e. The van der Waals surface area contributed by atoms with Crippen molar-refractivity contribution in [2.45, 2.75) is 13.3 Å². The number of carbonyl (C=O) groups excluding carboxylic acids is 1. The quantitative estimate of drug-likeness (QED) is 0.372. The fourth-order valence-corrected chi connectivity index (χ4v) is 3.59. The van der Waals surface area contributed by atoms with Crippen molar-refractivity contribution in [2.24, 2.45) is 0 Å². The van der Waals surface area contributed by atoms with Crippen molar-refractivity contribution < 1.29 is 9.72 Å². The average molecular weight is 403 g/mol. The lowest BCUT2D eigenvalue weighted by Gasteiger charge is -2.07. The van der Waals surface area contributed by atoms with Gasteiger partial charge in [-0.2, -0.15) is 0 Å². The van der Waals surface area contributed by atoms with Crippen LogP contribution in [0.3, 0.4) is 0 Å². The van der Waals surface area contributed by atoms with Gasteiger partial charge in [0.1, 0.15) is 5.69 Å². The highest BCUT2D eigenvalue weighted by Crippen LogP contribution is 2.29. The Morgan fingerprint density at radius 2 is 2.11 bits per heavy atom. The molecule has 0 fully saturated rings. The molecule has 1 heterocycles. The van der Waals surface area contributed by atoms with Gasteiger partial charge in [0.15, 0.2) is 5.13 Å². The number of nitrogens with one attached hydrogen (secondary N) is 1. The molecule has 0 aliphatic heterocycles. The summed E-state index contributed by atoms with van der Waals surface area (Å²) in [5, 5.41) is 14.8. The van der Waals surface area contributed by atoms with E-state index in [0.717, 1.165) is 10.4 Å². The predicted octanol–water partition coefficient (Wildman–Crippen LogP) is 4.44. The first-order chi connectivity index (χ1) is 12.8. The summed E-state index contributed by atoms with van der Waals surface area (Å²) in [6.07, 6.45) is 2.25. The first-order valence-corrected chi connectivity index (χ1v) is 9.08. The van der Waals surface area contributed by atoms with Crippen LogP contribution in [0.4, 0.5) is 16.5 Å². The number of nitrogens with two attached hydrogens (primary N) is 1. The molecule has 3 aromatic rings. The number of nitro benzene ring substituents is 1. The third-order valence-electron chi connectivity index (χ3n) is 3.84. The monoisotopic (exact) mass is 402 g/mol. The zero-order valence-corrected chi connectivity index (χ0v) is 15.8.